The van der Waals surface area contributed by atoms with E-state index in [2.05, 4.69) is 4.98 Å². The van der Waals surface area contributed by atoms with Crippen LogP contribution in [0.3, 0.4) is 0 Å². The molecular weight excluding hydrogens is 206 g/mol. The van der Waals surface area contributed by atoms with Crippen molar-refractivity contribution in [2.24, 2.45) is 5.92 Å². The van der Waals surface area contributed by atoms with Gasteiger partial charge in [-0.3, -0.25) is 9.78 Å². The maximum absolute atomic E-state index is 12.0. The van der Waals surface area contributed by atoms with Crippen molar-refractivity contribution in [3.63, 3.8) is 0 Å². The van der Waals surface area contributed by atoms with E-state index in [1.54, 1.807) is 17.0 Å². The van der Waals surface area contributed by atoms with E-state index in [9.17, 15) is 4.79 Å². The average Bonchev–Trinajstić information content (AvgIpc) is 2.76. The van der Waals surface area contributed by atoms with E-state index in [4.69, 9.17) is 10.8 Å². The molecule has 0 aliphatic carbocycles. The number of aliphatic hydroxyl groups excluding tert-OH is 1. The van der Waals surface area contributed by atoms with Crippen LogP contribution in [0.5, 0.6) is 0 Å². The zero-order valence-corrected chi connectivity index (χ0v) is 8.97. The van der Waals surface area contributed by atoms with Gasteiger partial charge in [0, 0.05) is 37.5 Å². The number of likely N-dealkylation sites (tertiary alicyclic amines) is 1. The predicted molar refractivity (Wildman–Crippen MR) is 59.7 cm³/mol. The van der Waals surface area contributed by atoms with Gasteiger partial charge in [0.05, 0.1) is 0 Å². The maximum atomic E-state index is 12.0. The molecule has 1 atom stereocenters. The fraction of sp³-hybridized carbons (Fsp3) is 0.455. The molecule has 1 amide bonds. The molecule has 0 saturated carbocycles. The number of aliphatic hydroxyl groups is 1. The minimum absolute atomic E-state index is 0.108. The molecule has 5 heteroatoms. The first-order valence-electron chi connectivity index (χ1n) is 5.32. The third-order valence-corrected chi connectivity index (χ3v) is 2.83. The molecule has 1 fully saturated rings. The molecule has 1 aromatic rings. The van der Waals surface area contributed by atoms with E-state index < -0.39 is 0 Å². The van der Waals surface area contributed by atoms with Crippen molar-refractivity contribution >= 4 is 11.6 Å². The highest BCUT2D eigenvalue weighted by Crippen LogP contribution is 2.17. The Morgan fingerprint density at radius 2 is 2.50 bits per heavy atom. The zero-order chi connectivity index (χ0) is 11.5. The number of nitrogens with zero attached hydrogens (tertiary/aromatic N) is 2. The second kappa shape index (κ2) is 4.49. The number of aromatic nitrogens is 1. The summed E-state index contributed by atoms with van der Waals surface area (Å²) in [4.78, 5) is 17.7. The summed E-state index contributed by atoms with van der Waals surface area (Å²) in [5.41, 5.74) is 6.51. The van der Waals surface area contributed by atoms with Gasteiger partial charge in [-0.2, -0.15) is 0 Å². The highest BCUT2D eigenvalue weighted by molar-refractivity contribution is 5.93. The highest BCUT2D eigenvalue weighted by Gasteiger charge is 2.26. The lowest BCUT2D eigenvalue weighted by molar-refractivity contribution is 0.0776. The average molecular weight is 221 g/mol. The SMILES string of the molecule is Nc1ccnc(C(=O)N2CCC(CO)C2)c1. The van der Waals surface area contributed by atoms with Gasteiger partial charge >= 0.3 is 0 Å². The van der Waals surface area contributed by atoms with Gasteiger partial charge in [0.2, 0.25) is 0 Å². The van der Waals surface area contributed by atoms with E-state index in [-0.39, 0.29) is 18.4 Å². The van der Waals surface area contributed by atoms with Crippen LogP contribution < -0.4 is 5.73 Å². The predicted octanol–water partition coefficient (Wildman–Crippen LogP) is 0.118. The first-order valence-corrected chi connectivity index (χ1v) is 5.32. The van der Waals surface area contributed by atoms with E-state index in [0.717, 1.165) is 6.42 Å². The van der Waals surface area contributed by atoms with E-state index in [1.165, 1.54) is 6.20 Å². The summed E-state index contributed by atoms with van der Waals surface area (Å²) >= 11 is 0. The van der Waals surface area contributed by atoms with Crippen LogP contribution in [-0.2, 0) is 0 Å². The summed E-state index contributed by atoms with van der Waals surface area (Å²) in [6.45, 7) is 1.42. The van der Waals surface area contributed by atoms with Gasteiger partial charge in [0.15, 0.2) is 0 Å². The van der Waals surface area contributed by atoms with Crippen LogP contribution >= 0.6 is 0 Å². The van der Waals surface area contributed by atoms with Crippen molar-refractivity contribution in [3.8, 4) is 0 Å². The van der Waals surface area contributed by atoms with Gasteiger partial charge in [-0.1, -0.05) is 0 Å². The number of carbonyl (C=O) groups excluding carboxylic acids is 1. The zero-order valence-electron chi connectivity index (χ0n) is 8.97. The summed E-state index contributed by atoms with van der Waals surface area (Å²) < 4.78 is 0. The topological polar surface area (TPSA) is 79.5 Å². The Bertz CT molecular complexity index is 395. The molecule has 1 saturated heterocycles. The van der Waals surface area contributed by atoms with Gasteiger partial charge < -0.3 is 15.7 Å². The van der Waals surface area contributed by atoms with Crippen LogP contribution in [0.4, 0.5) is 5.69 Å². The Kier molecular flexibility index (Phi) is 3.05. The van der Waals surface area contributed by atoms with Crippen molar-refractivity contribution < 1.29 is 9.90 Å². The minimum atomic E-state index is -0.108. The maximum Gasteiger partial charge on any atom is 0.272 e. The minimum Gasteiger partial charge on any atom is -0.399 e. The molecule has 1 aromatic heterocycles. The summed E-state index contributed by atoms with van der Waals surface area (Å²) in [5.74, 6) is 0.0910. The lowest BCUT2D eigenvalue weighted by Crippen LogP contribution is -2.29. The van der Waals surface area contributed by atoms with Crippen molar-refractivity contribution in [2.75, 3.05) is 25.4 Å². The number of nitrogen functional groups attached to an aromatic ring is 1. The van der Waals surface area contributed by atoms with E-state index in [1.807, 2.05) is 0 Å². The molecule has 5 nitrogen and oxygen atoms in total. The second-order valence-corrected chi connectivity index (χ2v) is 4.06. The quantitative estimate of drug-likeness (QED) is 0.743. The molecule has 0 aromatic carbocycles. The molecule has 1 unspecified atom stereocenters. The number of anilines is 1. The molecule has 0 bridgehead atoms. The van der Waals surface area contributed by atoms with Gasteiger partial charge in [-0.15, -0.1) is 0 Å². The van der Waals surface area contributed by atoms with Crippen molar-refractivity contribution in [2.45, 2.75) is 6.42 Å². The largest absolute Gasteiger partial charge is 0.399 e. The normalized spacial score (nSPS) is 20.1. The van der Waals surface area contributed by atoms with Crippen molar-refractivity contribution in [1.82, 2.24) is 9.88 Å². The monoisotopic (exact) mass is 221 g/mol. The van der Waals surface area contributed by atoms with Crippen LogP contribution in [0.15, 0.2) is 18.3 Å². The fourth-order valence-corrected chi connectivity index (χ4v) is 1.89. The van der Waals surface area contributed by atoms with Gasteiger partial charge in [0.25, 0.3) is 5.91 Å². The van der Waals surface area contributed by atoms with E-state index in [0.29, 0.717) is 24.5 Å². The Labute approximate surface area is 93.9 Å². The molecule has 3 N–H and O–H groups in total. The Morgan fingerprint density at radius 3 is 3.12 bits per heavy atom. The van der Waals surface area contributed by atoms with Gasteiger partial charge in [-0.05, 0) is 18.6 Å². The molecule has 86 valence electrons. The lowest BCUT2D eigenvalue weighted by Gasteiger charge is -2.15. The van der Waals surface area contributed by atoms with Gasteiger partial charge in [0.1, 0.15) is 5.69 Å². The standard InChI is InChI=1S/C11H15N3O2/c12-9-1-3-13-10(5-9)11(16)14-4-2-8(6-14)7-15/h1,3,5,8,15H,2,4,6-7H2,(H2,12,13). The smallest absolute Gasteiger partial charge is 0.272 e. The molecular formula is C11H15N3O2. The van der Waals surface area contributed by atoms with Crippen molar-refractivity contribution in [3.05, 3.63) is 24.0 Å². The summed E-state index contributed by atoms with van der Waals surface area (Å²) in [6.07, 6.45) is 2.38. The molecule has 0 spiro atoms. The van der Waals surface area contributed by atoms with Crippen LogP contribution in [0, 0.1) is 5.92 Å². The fourth-order valence-electron chi connectivity index (χ4n) is 1.89. The number of nitrogens with two attached hydrogens (primary N) is 1. The number of hydrogen-bond donors (Lipinski definition) is 2. The Morgan fingerprint density at radius 1 is 1.69 bits per heavy atom. The molecule has 16 heavy (non-hydrogen) atoms. The molecule has 1 aliphatic rings. The highest BCUT2D eigenvalue weighted by atomic mass is 16.3. The molecule has 2 heterocycles. The molecule has 1 aliphatic heterocycles. The Balaban J connectivity index is 2.08. The van der Waals surface area contributed by atoms with E-state index >= 15 is 0 Å². The van der Waals surface area contributed by atoms with Crippen molar-refractivity contribution in [1.29, 1.82) is 0 Å². The third-order valence-electron chi connectivity index (χ3n) is 2.83. The van der Waals surface area contributed by atoms with Gasteiger partial charge in [-0.25, -0.2) is 0 Å². The number of carbonyl (C=O) groups is 1. The Hall–Kier alpha value is -1.62. The number of amides is 1. The van der Waals surface area contributed by atoms with Crippen LogP contribution in [-0.4, -0.2) is 40.6 Å². The number of pyridine rings is 1. The second-order valence-electron chi connectivity index (χ2n) is 4.06. The van der Waals surface area contributed by atoms with Crippen LogP contribution in [0.25, 0.3) is 0 Å². The summed E-state index contributed by atoms with van der Waals surface area (Å²) in [5, 5.41) is 9.01. The number of rotatable bonds is 2. The number of hydrogen-bond acceptors (Lipinski definition) is 4. The first kappa shape index (κ1) is 10.9. The molecule has 0 radical (unpaired) electrons. The summed E-state index contributed by atoms with van der Waals surface area (Å²) in [6, 6.07) is 3.23. The first-order chi connectivity index (χ1) is 7.70. The third kappa shape index (κ3) is 2.14. The summed E-state index contributed by atoms with van der Waals surface area (Å²) in [7, 11) is 0. The van der Waals surface area contributed by atoms with Crippen LogP contribution in [0.2, 0.25) is 0 Å². The molecule has 2 rings (SSSR count). The van der Waals surface area contributed by atoms with Crippen LogP contribution in [0.1, 0.15) is 16.9 Å². The lowest BCUT2D eigenvalue weighted by atomic mass is 10.1.